The van der Waals surface area contributed by atoms with Gasteiger partial charge < -0.3 is 19.3 Å². The second-order valence-electron chi connectivity index (χ2n) is 5.48. The molecule has 0 spiro atoms. The second-order valence-corrected chi connectivity index (χ2v) is 5.48. The van der Waals surface area contributed by atoms with Gasteiger partial charge in [-0.3, -0.25) is 9.59 Å². The molecule has 21 heavy (non-hydrogen) atoms. The molecule has 0 saturated carbocycles. The number of amides is 1. The number of aromatic nitrogens is 1. The SMILES string of the molecule is O=C(O)CC1CN(C(=O)c2noc3c2CCCC3)CCO1. The van der Waals surface area contributed by atoms with Gasteiger partial charge in [-0.15, -0.1) is 0 Å². The summed E-state index contributed by atoms with van der Waals surface area (Å²) in [5, 5.41) is 12.8. The van der Waals surface area contributed by atoms with Crippen molar-refractivity contribution < 1.29 is 24.0 Å². The molecule has 2 aliphatic rings. The molecule has 1 aliphatic heterocycles. The van der Waals surface area contributed by atoms with Crippen LogP contribution in [0.2, 0.25) is 0 Å². The summed E-state index contributed by atoms with van der Waals surface area (Å²) in [6.07, 6.45) is 3.21. The van der Waals surface area contributed by atoms with Crippen molar-refractivity contribution in [1.29, 1.82) is 0 Å². The number of carbonyl (C=O) groups is 2. The van der Waals surface area contributed by atoms with Gasteiger partial charge >= 0.3 is 5.97 Å². The number of carbonyl (C=O) groups excluding carboxylic acids is 1. The van der Waals surface area contributed by atoms with Gasteiger partial charge in [-0.2, -0.15) is 0 Å². The Kier molecular flexibility index (Phi) is 3.92. The van der Waals surface area contributed by atoms with E-state index in [1.54, 1.807) is 4.90 Å². The van der Waals surface area contributed by atoms with Crippen LogP contribution in [-0.4, -0.2) is 52.8 Å². The van der Waals surface area contributed by atoms with Crippen molar-refractivity contribution in [2.75, 3.05) is 19.7 Å². The van der Waals surface area contributed by atoms with Crippen molar-refractivity contribution in [1.82, 2.24) is 10.1 Å². The van der Waals surface area contributed by atoms with Crippen LogP contribution in [0.3, 0.4) is 0 Å². The fraction of sp³-hybridized carbons (Fsp3) is 0.643. The molecule has 1 N–H and O–H groups in total. The van der Waals surface area contributed by atoms with Gasteiger partial charge in [0.05, 0.1) is 19.1 Å². The Hall–Kier alpha value is -1.89. The first-order chi connectivity index (χ1) is 10.1. The number of carboxylic acid groups (broad SMARTS) is 1. The Bertz CT molecular complexity index is 554. The van der Waals surface area contributed by atoms with E-state index in [2.05, 4.69) is 5.16 Å². The molecule has 7 nitrogen and oxygen atoms in total. The first-order valence-electron chi connectivity index (χ1n) is 7.25. The van der Waals surface area contributed by atoms with E-state index in [1.165, 1.54) is 0 Å². The maximum Gasteiger partial charge on any atom is 0.306 e. The zero-order valence-corrected chi connectivity index (χ0v) is 11.7. The normalized spacial score (nSPS) is 21.9. The Balaban J connectivity index is 1.72. The predicted molar refractivity (Wildman–Crippen MR) is 71.0 cm³/mol. The van der Waals surface area contributed by atoms with Crippen LogP contribution in [0.1, 0.15) is 41.1 Å². The quantitative estimate of drug-likeness (QED) is 0.889. The molecule has 0 radical (unpaired) electrons. The van der Waals surface area contributed by atoms with Gasteiger partial charge in [0.25, 0.3) is 5.91 Å². The number of hydrogen-bond donors (Lipinski definition) is 1. The molecule has 114 valence electrons. The molecule has 1 atom stereocenters. The Morgan fingerprint density at radius 2 is 2.14 bits per heavy atom. The maximum absolute atomic E-state index is 12.6. The number of carboxylic acids is 1. The van der Waals surface area contributed by atoms with Gasteiger partial charge in [-0.1, -0.05) is 5.16 Å². The molecule has 0 aromatic carbocycles. The average Bonchev–Trinajstić information content (AvgIpc) is 2.90. The summed E-state index contributed by atoms with van der Waals surface area (Å²) in [7, 11) is 0. The molecule has 1 fully saturated rings. The summed E-state index contributed by atoms with van der Waals surface area (Å²) in [4.78, 5) is 24.9. The lowest BCUT2D eigenvalue weighted by atomic mass is 9.96. The van der Waals surface area contributed by atoms with Crippen molar-refractivity contribution in [2.45, 2.75) is 38.2 Å². The lowest BCUT2D eigenvalue weighted by molar-refractivity contribution is -0.141. The highest BCUT2D eigenvalue weighted by Crippen LogP contribution is 2.25. The monoisotopic (exact) mass is 294 g/mol. The van der Waals surface area contributed by atoms with Gasteiger partial charge in [0.15, 0.2) is 5.69 Å². The Morgan fingerprint density at radius 3 is 2.95 bits per heavy atom. The van der Waals surface area contributed by atoms with Crippen LogP contribution in [0.15, 0.2) is 4.52 Å². The number of aryl methyl sites for hydroxylation is 1. The molecule has 7 heteroatoms. The molecule has 1 amide bonds. The Labute approximate surface area is 121 Å². The van der Waals surface area contributed by atoms with E-state index in [0.29, 0.717) is 18.8 Å². The van der Waals surface area contributed by atoms with Crippen molar-refractivity contribution in [3.63, 3.8) is 0 Å². The number of aliphatic carboxylic acids is 1. The standard InChI is InChI=1S/C14H18N2O5/c17-12(18)7-9-8-16(5-6-20-9)14(19)13-10-3-1-2-4-11(10)21-15-13/h9H,1-8H2,(H,17,18). The zero-order chi connectivity index (χ0) is 14.8. The Morgan fingerprint density at radius 1 is 1.33 bits per heavy atom. The summed E-state index contributed by atoms with van der Waals surface area (Å²) in [5.41, 5.74) is 1.31. The van der Waals surface area contributed by atoms with Gasteiger partial charge in [-0.25, -0.2) is 0 Å². The minimum atomic E-state index is -0.923. The van der Waals surface area contributed by atoms with Gasteiger partial charge in [0.2, 0.25) is 0 Å². The average molecular weight is 294 g/mol. The summed E-state index contributed by atoms with van der Waals surface area (Å²) < 4.78 is 10.6. The topological polar surface area (TPSA) is 92.9 Å². The highest BCUT2D eigenvalue weighted by atomic mass is 16.5. The zero-order valence-electron chi connectivity index (χ0n) is 11.7. The first-order valence-corrected chi connectivity index (χ1v) is 7.25. The fourth-order valence-corrected chi connectivity index (χ4v) is 2.92. The molecular formula is C14H18N2O5. The van der Waals surface area contributed by atoms with Crippen LogP contribution in [-0.2, 0) is 22.4 Å². The lowest BCUT2D eigenvalue weighted by Gasteiger charge is -2.32. The van der Waals surface area contributed by atoms with Gasteiger partial charge in [-0.05, 0) is 19.3 Å². The van der Waals surface area contributed by atoms with Crippen molar-refractivity contribution in [3.8, 4) is 0 Å². The number of hydrogen-bond acceptors (Lipinski definition) is 5. The third-order valence-electron chi connectivity index (χ3n) is 3.98. The van der Waals surface area contributed by atoms with Crippen molar-refractivity contribution in [2.24, 2.45) is 0 Å². The number of morpholine rings is 1. The molecule has 1 aromatic heterocycles. The first kappa shape index (κ1) is 14.1. The van der Waals surface area contributed by atoms with Crippen molar-refractivity contribution in [3.05, 3.63) is 17.0 Å². The van der Waals surface area contributed by atoms with E-state index in [9.17, 15) is 9.59 Å². The van der Waals surface area contributed by atoms with Gasteiger partial charge in [0.1, 0.15) is 5.76 Å². The fourth-order valence-electron chi connectivity index (χ4n) is 2.92. The minimum Gasteiger partial charge on any atom is -0.481 e. The number of ether oxygens (including phenoxy) is 1. The highest BCUT2D eigenvalue weighted by Gasteiger charge is 2.31. The third-order valence-corrected chi connectivity index (χ3v) is 3.98. The smallest absolute Gasteiger partial charge is 0.306 e. The molecule has 1 saturated heterocycles. The number of nitrogens with zero attached hydrogens (tertiary/aromatic N) is 2. The van der Waals surface area contributed by atoms with E-state index in [-0.39, 0.29) is 18.9 Å². The van der Waals surface area contributed by atoms with Crippen LogP contribution in [0.4, 0.5) is 0 Å². The molecule has 1 aromatic rings. The maximum atomic E-state index is 12.6. The molecule has 1 aliphatic carbocycles. The van der Waals surface area contributed by atoms with Crippen LogP contribution in [0, 0.1) is 0 Å². The molecule has 2 heterocycles. The number of rotatable bonds is 3. The predicted octanol–water partition coefficient (Wildman–Crippen LogP) is 0.869. The van der Waals surface area contributed by atoms with Crippen molar-refractivity contribution >= 4 is 11.9 Å². The molecule has 1 unspecified atom stereocenters. The number of fused-ring (bicyclic) bond motifs is 1. The summed E-state index contributed by atoms with van der Waals surface area (Å²) in [6.45, 7) is 1.09. The van der Waals surface area contributed by atoms with E-state index in [0.717, 1.165) is 37.0 Å². The summed E-state index contributed by atoms with van der Waals surface area (Å²) >= 11 is 0. The van der Waals surface area contributed by atoms with Crippen LogP contribution < -0.4 is 0 Å². The van der Waals surface area contributed by atoms with E-state index in [4.69, 9.17) is 14.4 Å². The largest absolute Gasteiger partial charge is 0.481 e. The molecular weight excluding hydrogens is 276 g/mol. The second kappa shape index (κ2) is 5.85. The van der Waals surface area contributed by atoms with Crippen LogP contribution >= 0.6 is 0 Å². The van der Waals surface area contributed by atoms with Crippen LogP contribution in [0.5, 0.6) is 0 Å². The highest BCUT2D eigenvalue weighted by molar-refractivity contribution is 5.94. The third kappa shape index (κ3) is 2.92. The summed E-state index contributed by atoms with van der Waals surface area (Å²) in [6, 6.07) is 0. The summed E-state index contributed by atoms with van der Waals surface area (Å²) in [5.74, 6) is -0.284. The van der Waals surface area contributed by atoms with E-state index in [1.807, 2.05) is 0 Å². The van der Waals surface area contributed by atoms with Crippen LogP contribution in [0.25, 0.3) is 0 Å². The minimum absolute atomic E-state index is 0.0965. The molecule has 3 rings (SSSR count). The van der Waals surface area contributed by atoms with E-state index < -0.39 is 12.1 Å². The molecule has 0 bridgehead atoms. The lowest BCUT2D eigenvalue weighted by Crippen LogP contribution is -2.46. The van der Waals surface area contributed by atoms with E-state index >= 15 is 0 Å². The van der Waals surface area contributed by atoms with Gasteiger partial charge in [0, 0.05) is 25.1 Å².